The van der Waals surface area contributed by atoms with Gasteiger partial charge in [0.2, 0.25) is 0 Å². The molecule has 0 bridgehead atoms. The van der Waals surface area contributed by atoms with Gasteiger partial charge >= 0.3 is 0 Å². The Morgan fingerprint density at radius 3 is 2.68 bits per heavy atom. The monoisotopic (exact) mass is 421 g/mol. The predicted octanol–water partition coefficient (Wildman–Crippen LogP) is 3.23. The first kappa shape index (κ1) is 20.2. The molecule has 2 aliphatic heterocycles. The van der Waals surface area contributed by atoms with E-state index in [0.717, 1.165) is 97.5 Å². The van der Waals surface area contributed by atoms with Crippen LogP contribution in [0.5, 0.6) is 5.75 Å². The number of aryl methyl sites for hydroxylation is 4. The Morgan fingerprint density at radius 2 is 1.94 bits per heavy atom. The molecule has 1 saturated heterocycles. The lowest BCUT2D eigenvalue weighted by Crippen LogP contribution is -2.33. The van der Waals surface area contributed by atoms with Crippen molar-refractivity contribution in [1.82, 2.24) is 34.8 Å². The molecule has 3 aromatic heterocycles. The molecular formula is C23H31N7O. The van der Waals surface area contributed by atoms with Crippen molar-refractivity contribution in [3.63, 3.8) is 0 Å². The Hall–Kier alpha value is -2.74. The minimum atomic E-state index is 0.509. The smallest absolute Gasteiger partial charge is 0.161 e. The largest absolute Gasteiger partial charge is 0.490 e. The molecule has 0 amide bonds. The van der Waals surface area contributed by atoms with Crippen LogP contribution in [0.2, 0.25) is 0 Å². The topological polar surface area (TPSA) is 84.8 Å². The highest BCUT2D eigenvalue weighted by Gasteiger charge is 2.25. The number of aromatic amines is 1. The van der Waals surface area contributed by atoms with Crippen molar-refractivity contribution in [3.8, 4) is 17.0 Å². The van der Waals surface area contributed by atoms with Gasteiger partial charge in [-0.1, -0.05) is 0 Å². The number of nitrogens with zero attached hydrogens (tertiary/aromatic N) is 6. The van der Waals surface area contributed by atoms with Crippen LogP contribution in [0.1, 0.15) is 59.5 Å². The number of aromatic nitrogens is 6. The summed E-state index contributed by atoms with van der Waals surface area (Å²) in [6.07, 6.45) is 4.25. The van der Waals surface area contributed by atoms with Gasteiger partial charge in [0.05, 0.1) is 35.9 Å². The lowest BCUT2D eigenvalue weighted by atomic mass is 9.93. The number of hydrogen-bond donors (Lipinski definition) is 1. The van der Waals surface area contributed by atoms with Crippen molar-refractivity contribution in [2.24, 2.45) is 7.05 Å². The van der Waals surface area contributed by atoms with Crippen LogP contribution < -0.4 is 4.74 Å². The maximum atomic E-state index is 5.76. The van der Waals surface area contributed by atoms with E-state index in [1.165, 1.54) is 5.69 Å². The van der Waals surface area contributed by atoms with Gasteiger partial charge in [-0.25, -0.2) is 9.97 Å². The Balaban J connectivity index is 1.23. The second-order valence-electron chi connectivity index (χ2n) is 8.88. The molecule has 0 aliphatic carbocycles. The number of nitrogens with one attached hydrogen (secondary N) is 1. The van der Waals surface area contributed by atoms with Crippen molar-refractivity contribution in [1.29, 1.82) is 0 Å². The highest BCUT2D eigenvalue weighted by Crippen LogP contribution is 2.32. The van der Waals surface area contributed by atoms with E-state index >= 15 is 0 Å². The van der Waals surface area contributed by atoms with Gasteiger partial charge in [0, 0.05) is 29.9 Å². The highest BCUT2D eigenvalue weighted by molar-refractivity contribution is 5.65. The minimum absolute atomic E-state index is 0.509. The summed E-state index contributed by atoms with van der Waals surface area (Å²) in [6, 6.07) is 2.22. The number of H-pyrrole nitrogens is 1. The molecule has 0 aromatic carbocycles. The van der Waals surface area contributed by atoms with Gasteiger partial charge in [-0.05, 0) is 65.6 Å². The van der Waals surface area contributed by atoms with E-state index in [0.29, 0.717) is 5.92 Å². The fourth-order valence-electron chi connectivity index (χ4n) is 4.95. The zero-order valence-electron chi connectivity index (χ0n) is 18.9. The van der Waals surface area contributed by atoms with Crippen LogP contribution in [0.15, 0.2) is 6.07 Å². The predicted molar refractivity (Wildman–Crippen MR) is 118 cm³/mol. The Bertz CT molecular complexity index is 1090. The Morgan fingerprint density at radius 1 is 1.13 bits per heavy atom. The zero-order valence-corrected chi connectivity index (χ0v) is 18.9. The summed E-state index contributed by atoms with van der Waals surface area (Å²) in [4.78, 5) is 12.0. The number of hydrogen-bond acceptors (Lipinski definition) is 6. The quantitative estimate of drug-likeness (QED) is 0.696. The van der Waals surface area contributed by atoms with Crippen LogP contribution in [-0.4, -0.2) is 54.5 Å². The van der Waals surface area contributed by atoms with E-state index < -0.39 is 0 Å². The van der Waals surface area contributed by atoms with E-state index in [2.05, 4.69) is 33.2 Å². The lowest BCUT2D eigenvalue weighted by Gasteiger charge is -2.31. The van der Waals surface area contributed by atoms with Crippen LogP contribution in [0, 0.1) is 20.8 Å². The summed E-state index contributed by atoms with van der Waals surface area (Å²) in [5.41, 5.74) is 7.60. The summed E-state index contributed by atoms with van der Waals surface area (Å²) < 4.78 is 7.68. The molecule has 31 heavy (non-hydrogen) atoms. The van der Waals surface area contributed by atoms with Gasteiger partial charge in [-0.2, -0.15) is 10.2 Å². The normalized spacial score (nSPS) is 17.5. The average molecular weight is 422 g/mol. The van der Waals surface area contributed by atoms with Gasteiger partial charge in [0.1, 0.15) is 5.82 Å². The molecule has 1 N–H and O–H groups in total. The van der Waals surface area contributed by atoms with Crippen LogP contribution in [0.3, 0.4) is 0 Å². The molecule has 0 saturated carbocycles. The molecule has 5 rings (SSSR count). The standard InChI is InChI=1S/C23H31N7O/c1-14-22(16(3)29(4)28-14)20-12-19(26-27-20)17-7-9-30(10-8-17)13-21-24-15(2)23-18(25-21)6-5-11-31-23/h12,17H,5-11,13H2,1-4H3,(H,26,27). The van der Waals surface area contributed by atoms with Gasteiger partial charge in [0.25, 0.3) is 0 Å². The first-order valence-electron chi connectivity index (χ1n) is 11.3. The van der Waals surface area contributed by atoms with Crippen LogP contribution in [-0.2, 0) is 20.0 Å². The first-order valence-corrected chi connectivity index (χ1v) is 11.3. The van der Waals surface area contributed by atoms with Gasteiger partial charge in [0.15, 0.2) is 5.75 Å². The number of ether oxygens (including phenoxy) is 1. The fraction of sp³-hybridized carbons (Fsp3) is 0.565. The van der Waals surface area contributed by atoms with Gasteiger partial charge < -0.3 is 4.74 Å². The van der Waals surface area contributed by atoms with E-state index in [1.54, 1.807) is 0 Å². The molecule has 0 atom stereocenters. The second kappa shape index (κ2) is 8.07. The van der Waals surface area contributed by atoms with E-state index in [9.17, 15) is 0 Å². The van der Waals surface area contributed by atoms with Crippen molar-refractivity contribution in [2.45, 2.75) is 58.9 Å². The molecule has 8 heteroatoms. The second-order valence-corrected chi connectivity index (χ2v) is 8.88. The third-order valence-corrected chi connectivity index (χ3v) is 6.71. The van der Waals surface area contributed by atoms with Crippen molar-refractivity contribution in [3.05, 3.63) is 40.4 Å². The number of likely N-dealkylation sites (tertiary alicyclic amines) is 1. The van der Waals surface area contributed by atoms with Crippen molar-refractivity contribution < 1.29 is 4.74 Å². The molecule has 5 heterocycles. The number of fused-ring (bicyclic) bond motifs is 1. The van der Waals surface area contributed by atoms with Crippen LogP contribution in [0.4, 0.5) is 0 Å². The van der Waals surface area contributed by atoms with Gasteiger partial charge in [-0.15, -0.1) is 0 Å². The third-order valence-electron chi connectivity index (χ3n) is 6.71. The molecular weight excluding hydrogens is 390 g/mol. The zero-order chi connectivity index (χ0) is 21.5. The maximum Gasteiger partial charge on any atom is 0.161 e. The molecule has 0 radical (unpaired) electrons. The van der Waals surface area contributed by atoms with E-state index in [4.69, 9.17) is 14.7 Å². The van der Waals surface area contributed by atoms with Crippen molar-refractivity contribution in [2.75, 3.05) is 19.7 Å². The summed E-state index contributed by atoms with van der Waals surface area (Å²) in [7, 11) is 1.98. The van der Waals surface area contributed by atoms with Crippen LogP contribution in [0.25, 0.3) is 11.3 Å². The summed E-state index contributed by atoms with van der Waals surface area (Å²) in [5.74, 6) is 2.34. The summed E-state index contributed by atoms with van der Waals surface area (Å²) in [6.45, 7) is 9.84. The van der Waals surface area contributed by atoms with Crippen LogP contribution >= 0.6 is 0 Å². The lowest BCUT2D eigenvalue weighted by molar-refractivity contribution is 0.197. The molecule has 2 aliphatic rings. The summed E-state index contributed by atoms with van der Waals surface area (Å²) in [5, 5.41) is 12.4. The molecule has 0 unspecified atom stereocenters. The van der Waals surface area contributed by atoms with Gasteiger partial charge in [-0.3, -0.25) is 14.7 Å². The maximum absolute atomic E-state index is 5.76. The SMILES string of the molecule is Cc1nc(CN2CCC(c3cc(-c4c(C)nn(C)c4C)n[nH]3)CC2)nc2c1OCCC2. The third kappa shape index (κ3) is 3.84. The molecule has 1 fully saturated rings. The highest BCUT2D eigenvalue weighted by atomic mass is 16.5. The van der Waals surface area contributed by atoms with E-state index in [-0.39, 0.29) is 0 Å². The number of piperidine rings is 1. The number of rotatable bonds is 4. The van der Waals surface area contributed by atoms with Crippen molar-refractivity contribution >= 4 is 0 Å². The minimum Gasteiger partial charge on any atom is -0.490 e. The first-order chi connectivity index (χ1) is 15.0. The molecule has 164 valence electrons. The Labute approximate surface area is 183 Å². The molecule has 8 nitrogen and oxygen atoms in total. The average Bonchev–Trinajstić information content (AvgIpc) is 3.33. The molecule has 3 aromatic rings. The van der Waals surface area contributed by atoms with E-state index in [1.807, 2.05) is 25.6 Å². The molecule has 0 spiro atoms. The summed E-state index contributed by atoms with van der Waals surface area (Å²) >= 11 is 0. The fourth-order valence-corrected chi connectivity index (χ4v) is 4.95. The Kier molecular flexibility index (Phi) is 5.25.